The summed E-state index contributed by atoms with van der Waals surface area (Å²) < 4.78 is 32.0. The molecule has 0 aliphatic heterocycles. The topological polar surface area (TPSA) is 46.6 Å². The van der Waals surface area contributed by atoms with Gasteiger partial charge in [-0.05, 0) is 39.4 Å². The molecular formula is C16H35NO3S2. The van der Waals surface area contributed by atoms with Gasteiger partial charge >= 0.3 is 0 Å². The molecule has 22 heavy (non-hydrogen) atoms. The van der Waals surface area contributed by atoms with Gasteiger partial charge in [0.1, 0.15) is 0 Å². The van der Waals surface area contributed by atoms with Crippen molar-refractivity contribution in [2.24, 2.45) is 5.41 Å². The minimum Gasteiger partial charge on any atom is -0.373 e. The van der Waals surface area contributed by atoms with Crippen molar-refractivity contribution in [2.45, 2.75) is 66.2 Å². The summed E-state index contributed by atoms with van der Waals surface area (Å²) >= 11 is 0. The molecule has 0 rings (SSSR count). The number of ether oxygens (including phenoxy) is 1. The lowest BCUT2D eigenvalue weighted by atomic mass is 9.90. The number of rotatable bonds is 7. The molecular weight excluding hydrogens is 318 g/mol. The average molecular weight is 354 g/mol. The van der Waals surface area contributed by atoms with Crippen molar-refractivity contribution in [2.75, 3.05) is 24.8 Å². The van der Waals surface area contributed by atoms with E-state index in [0.29, 0.717) is 6.54 Å². The minimum absolute atomic E-state index is 0.0173. The van der Waals surface area contributed by atoms with Gasteiger partial charge in [0.15, 0.2) is 0 Å². The molecule has 0 radical (unpaired) electrons. The first-order chi connectivity index (χ1) is 9.55. The maximum Gasteiger partial charge on any atom is 0.211 e. The Bertz CT molecular complexity index is 473. The Hall–Kier alpha value is 0.0900. The number of sulfonamides is 1. The molecule has 0 saturated carbocycles. The molecule has 0 fully saturated rings. The summed E-state index contributed by atoms with van der Waals surface area (Å²) in [7, 11) is -3.34. The van der Waals surface area contributed by atoms with Gasteiger partial charge in [-0.3, -0.25) is 0 Å². The molecule has 134 valence electrons. The van der Waals surface area contributed by atoms with Gasteiger partial charge in [0.25, 0.3) is 0 Å². The normalized spacial score (nSPS) is 18.3. The summed E-state index contributed by atoms with van der Waals surface area (Å²) in [6.45, 7) is 14.5. The highest BCUT2D eigenvalue weighted by molar-refractivity contribution is 8.13. The lowest BCUT2D eigenvalue weighted by molar-refractivity contribution is -0.0549. The van der Waals surface area contributed by atoms with Gasteiger partial charge in [-0.1, -0.05) is 26.6 Å². The van der Waals surface area contributed by atoms with E-state index in [0.717, 1.165) is 5.75 Å². The van der Waals surface area contributed by atoms with Gasteiger partial charge in [-0.15, -0.1) is 0 Å². The van der Waals surface area contributed by atoms with Crippen molar-refractivity contribution < 1.29 is 13.2 Å². The monoisotopic (exact) mass is 353 g/mol. The molecule has 4 nitrogen and oxygen atoms in total. The molecule has 3 atom stereocenters. The molecule has 0 aliphatic carbocycles. The van der Waals surface area contributed by atoms with E-state index in [1.165, 1.54) is 10.6 Å². The Morgan fingerprint density at radius 3 is 1.91 bits per heavy atom. The fraction of sp³-hybridized carbons (Fsp3) is 0.938. The molecule has 0 saturated heterocycles. The molecule has 0 amide bonds. The van der Waals surface area contributed by atoms with E-state index < -0.39 is 15.6 Å². The Morgan fingerprint density at radius 1 is 1.18 bits per heavy atom. The lowest BCUT2D eigenvalue weighted by Gasteiger charge is -2.38. The highest BCUT2D eigenvalue weighted by Gasteiger charge is 2.33. The van der Waals surface area contributed by atoms with E-state index in [4.69, 9.17) is 4.74 Å². The second-order valence-electron chi connectivity index (χ2n) is 8.18. The summed E-state index contributed by atoms with van der Waals surface area (Å²) in [5.41, 5.74) is -0.447. The molecule has 0 aromatic heterocycles. The summed E-state index contributed by atoms with van der Waals surface area (Å²) in [5.74, 6) is 4.83. The first kappa shape index (κ1) is 22.1. The molecule has 0 bridgehead atoms. The zero-order valence-electron chi connectivity index (χ0n) is 15.8. The van der Waals surface area contributed by atoms with Crippen molar-refractivity contribution in [1.82, 2.24) is 4.31 Å². The van der Waals surface area contributed by atoms with Crippen LogP contribution in [0.5, 0.6) is 0 Å². The Kier molecular flexibility index (Phi) is 7.81. The third-order valence-corrected chi connectivity index (χ3v) is 6.04. The number of hydrogen-bond acceptors (Lipinski definition) is 3. The van der Waals surface area contributed by atoms with Crippen molar-refractivity contribution in [3.05, 3.63) is 0 Å². The van der Waals surface area contributed by atoms with E-state index >= 15 is 0 Å². The van der Waals surface area contributed by atoms with Crippen LogP contribution in [0, 0.1) is 5.41 Å². The fourth-order valence-electron chi connectivity index (χ4n) is 2.04. The SMILES string of the molecule is C=S(C)C[C@H](CN(C(C)(C)C)S(C)(=O)=O)O[C@@H](C)C(C)(C)C. The zero-order valence-corrected chi connectivity index (χ0v) is 17.4. The largest absolute Gasteiger partial charge is 0.373 e. The molecule has 0 spiro atoms. The maximum absolute atomic E-state index is 12.1. The van der Waals surface area contributed by atoms with Crippen LogP contribution in [0.3, 0.4) is 0 Å². The van der Waals surface area contributed by atoms with Gasteiger partial charge in [-0.2, -0.15) is 14.8 Å². The van der Waals surface area contributed by atoms with E-state index in [2.05, 4.69) is 32.9 Å². The zero-order chi connectivity index (χ0) is 17.9. The van der Waals surface area contributed by atoms with Crippen LogP contribution in [-0.2, 0) is 14.8 Å². The summed E-state index contributed by atoms with van der Waals surface area (Å²) in [4.78, 5) is 0. The van der Waals surface area contributed by atoms with Crippen LogP contribution >= 0.6 is 10.5 Å². The molecule has 0 aliphatic rings. The molecule has 1 unspecified atom stereocenters. The Labute approximate surface area is 140 Å². The Morgan fingerprint density at radius 2 is 1.64 bits per heavy atom. The molecule has 0 aromatic carbocycles. The van der Waals surface area contributed by atoms with Crippen molar-refractivity contribution >= 4 is 26.4 Å². The van der Waals surface area contributed by atoms with Crippen LogP contribution in [0.4, 0.5) is 0 Å². The van der Waals surface area contributed by atoms with Crippen LogP contribution in [0.2, 0.25) is 0 Å². The smallest absolute Gasteiger partial charge is 0.211 e. The van der Waals surface area contributed by atoms with Crippen molar-refractivity contribution in [3.63, 3.8) is 0 Å². The first-order valence-corrected chi connectivity index (χ1v) is 11.4. The molecule has 6 heteroatoms. The van der Waals surface area contributed by atoms with Gasteiger partial charge < -0.3 is 4.74 Å². The Balaban J connectivity index is 5.31. The predicted octanol–water partition coefficient (Wildman–Crippen LogP) is 3.20. The summed E-state index contributed by atoms with van der Waals surface area (Å²) in [6.07, 6.45) is 3.22. The maximum atomic E-state index is 12.1. The predicted molar refractivity (Wildman–Crippen MR) is 101 cm³/mol. The first-order valence-electron chi connectivity index (χ1n) is 7.60. The van der Waals surface area contributed by atoms with E-state index in [9.17, 15) is 8.42 Å². The molecule has 0 heterocycles. The van der Waals surface area contributed by atoms with Gasteiger partial charge in [0, 0.05) is 17.8 Å². The van der Waals surface area contributed by atoms with E-state index in [1.54, 1.807) is 0 Å². The second kappa shape index (κ2) is 7.77. The van der Waals surface area contributed by atoms with E-state index in [1.807, 2.05) is 27.7 Å². The van der Waals surface area contributed by atoms with Crippen LogP contribution in [0.1, 0.15) is 48.5 Å². The standard InChI is InChI=1S/C16H35NO3S2/c1-13(15(2,3)4)20-14(12-21(8)9)11-17(16(5,6)7)22(10,18)19/h13-14H,8,11-12H2,1-7,9-10H3/t13-,14-,21?/m0/s1. The minimum atomic E-state index is -3.29. The highest BCUT2D eigenvalue weighted by Crippen LogP contribution is 2.26. The molecule has 0 N–H and O–H groups in total. The van der Waals surface area contributed by atoms with Gasteiger partial charge in [0.2, 0.25) is 10.0 Å². The third-order valence-electron chi connectivity index (χ3n) is 3.60. The van der Waals surface area contributed by atoms with Crippen LogP contribution < -0.4 is 0 Å². The lowest BCUT2D eigenvalue weighted by Crippen LogP contribution is -2.50. The van der Waals surface area contributed by atoms with Crippen molar-refractivity contribution in [1.29, 1.82) is 0 Å². The highest BCUT2D eigenvalue weighted by atomic mass is 32.2. The van der Waals surface area contributed by atoms with E-state index in [-0.39, 0.29) is 28.1 Å². The van der Waals surface area contributed by atoms with Crippen LogP contribution in [0.15, 0.2) is 0 Å². The van der Waals surface area contributed by atoms with Crippen LogP contribution in [-0.4, -0.2) is 61.1 Å². The third kappa shape index (κ3) is 8.09. The van der Waals surface area contributed by atoms with Gasteiger partial charge in [0.05, 0.1) is 18.5 Å². The van der Waals surface area contributed by atoms with Gasteiger partial charge in [-0.25, -0.2) is 8.42 Å². The number of hydrogen-bond donors (Lipinski definition) is 0. The quantitative estimate of drug-likeness (QED) is 0.660. The number of nitrogens with zero attached hydrogens (tertiary/aromatic N) is 1. The molecule has 0 aromatic rings. The second-order valence-corrected chi connectivity index (χ2v) is 12.0. The van der Waals surface area contributed by atoms with Crippen molar-refractivity contribution in [3.8, 4) is 0 Å². The fourth-order valence-corrected chi connectivity index (χ4v) is 4.29. The summed E-state index contributed by atoms with van der Waals surface area (Å²) in [5, 5.41) is 0. The average Bonchev–Trinajstić information content (AvgIpc) is 2.19. The summed E-state index contributed by atoms with van der Waals surface area (Å²) in [6, 6.07) is 0. The van der Waals surface area contributed by atoms with Crippen LogP contribution in [0.25, 0.3) is 0 Å².